The number of nitrogens with zero attached hydrogens (tertiary/aromatic N) is 1. The Morgan fingerprint density at radius 2 is 2.14 bits per heavy atom. The Bertz CT molecular complexity index is 391. The van der Waals surface area contributed by atoms with Crippen molar-refractivity contribution in [2.24, 2.45) is 0 Å². The minimum atomic E-state index is 0.463. The molecular weight excluding hydrogens is 192 g/mol. The van der Waals surface area contributed by atoms with Crippen molar-refractivity contribution >= 4 is 23.4 Å². The summed E-state index contributed by atoms with van der Waals surface area (Å²) in [7, 11) is 0. The van der Waals surface area contributed by atoms with Gasteiger partial charge in [0.2, 0.25) is 0 Å². The first-order chi connectivity index (χ1) is 6.69. The van der Waals surface area contributed by atoms with Gasteiger partial charge in [-0.1, -0.05) is 18.3 Å². The highest BCUT2D eigenvalue weighted by Gasteiger charge is 2.02. The van der Waals surface area contributed by atoms with Crippen LogP contribution in [0, 0.1) is 25.2 Å². The van der Waals surface area contributed by atoms with E-state index in [1.165, 1.54) is 5.49 Å². The minimum Gasteiger partial charge on any atom is -0.352 e. The Balaban J connectivity index is 3.11. The molecule has 14 heavy (non-hydrogen) atoms. The van der Waals surface area contributed by atoms with Gasteiger partial charge in [-0.05, 0) is 36.6 Å². The highest BCUT2D eigenvalue weighted by Crippen LogP contribution is 2.20. The average Bonchev–Trinajstić information content (AvgIpc) is 2.14. The Hall–Kier alpha value is -1.40. The van der Waals surface area contributed by atoms with Crippen LogP contribution in [-0.4, -0.2) is 5.49 Å². The molecule has 0 aromatic heterocycles. The molecule has 2 nitrogen and oxygen atoms in total. The van der Waals surface area contributed by atoms with E-state index < -0.39 is 0 Å². The molecule has 1 aromatic rings. The highest BCUT2D eigenvalue weighted by molar-refractivity contribution is 7.79. The van der Waals surface area contributed by atoms with Gasteiger partial charge in [-0.15, -0.1) is 0 Å². The van der Waals surface area contributed by atoms with Gasteiger partial charge in [-0.2, -0.15) is 5.26 Å². The van der Waals surface area contributed by atoms with Gasteiger partial charge >= 0.3 is 0 Å². The van der Waals surface area contributed by atoms with Crippen LogP contribution in [0.15, 0.2) is 12.1 Å². The predicted octanol–water partition coefficient (Wildman–Crippen LogP) is 2.74. The van der Waals surface area contributed by atoms with E-state index in [0.29, 0.717) is 6.42 Å². The van der Waals surface area contributed by atoms with Gasteiger partial charge in [0.25, 0.3) is 0 Å². The van der Waals surface area contributed by atoms with Crippen molar-refractivity contribution in [2.75, 3.05) is 5.32 Å². The van der Waals surface area contributed by atoms with Gasteiger partial charge in [0.15, 0.2) is 0 Å². The van der Waals surface area contributed by atoms with E-state index in [-0.39, 0.29) is 0 Å². The van der Waals surface area contributed by atoms with Crippen LogP contribution in [0.1, 0.15) is 16.7 Å². The van der Waals surface area contributed by atoms with Crippen LogP contribution in [0.4, 0.5) is 5.69 Å². The summed E-state index contributed by atoms with van der Waals surface area (Å²) in [4.78, 5) is 0. The normalized spacial score (nSPS) is 9.21. The summed E-state index contributed by atoms with van der Waals surface area (Å²) >= 11 is 4.73. The zero-order valence-electron chi connectivity index (χ0n) is 8.29. The Morgan fingerprint density at radius 1 is 1.43 bits per heavy atom. The first-order valence-corrected chi connectivity index (χ1v) is 4.83. The van der Waals surface area contributed by atoms with Crippen molar-refractivity contribution in [1.82, 2.24) is 0 Å². The molecule has 1 rings (SSSR count). The van der Waals surface area contributed by atoms with Crippen molar-refractivity contribution < 1.29 is 0 Å². The van der Waals surface area contributed by atoms with Gasteiger partial charge in [-0.25, -0.2) is 0 Å². The fourth-order valence-electron chi connectivity index (χ4n) is 1.37. The maximum absolute atomic E-state index is 8.62. The number of aryl methyl sites for hydroxylation is 2. The smallest absolute Gasteiger partial charge is 0.0669 e. The SMILES string of the molecule is Cc1cc(NC=S)c(C)cc1CC#N. The van der Waals surface area contributed by atoms with Crippen LogP contribution in [0.5, 0.6) is 0 Å². The minimum absolute atomic E-state index is 0.463. The Kier molecular flexibility index (Phi) is 3.61. The first-order valence-electron chi connectivity index (χ1n) is 4.36. The van der Waals surface area contributed by atoms with E-state index in [1.807, 2.05) is 26.0 Å². The van der Waals surface area contributed by atoms with Crippen molar-refractivity contribution in [3.63, 3.8) is 0 Å². The second kappa shape index (κ2) is 4.73. The summed E-state index contributed by atoms with van der Waals surface area (Å²) in [6, 6.07) is 6.20. The molecule has 0 saturated carbocycles. The molecule has 1 N–H and O–H groups in total. The van der Waals surface area contributed by atoms with Crippen molar-refractivity contribution in [3.8, 4) is 6.07 Å². The lowest BCUT2D eigenvalue weighted by Gasteiger charge is -2.09. The molecule has 0 spiro atoms. The van der Waals surface area contributed by atoms with Crippen LogP contribution in [-0.2, 0) is 6.42 Å². The van der Waals surface area contributed by atoms with E-state index in [2.05, 4.69) is 11.4 Å². The van der Waals surface area contributed by atoms with Gasteiger partial charge in [0.1, 0.15) is 0 Å². The molecule has 0 atom stereocenters. The zero-order valence-corrected chi connectivity index (χ0v) is 9.11. The summed E-state index contributed by atoms with van der Waals surface area (Å²) in [5, 5.41) is 11.6. The number of anilines is 1. The molecule has 0 radical (unpaired) electrons. The number of thiocarbonyl (C=S) groups is 1. The summed E-state index contributed by atoms with van der Waals surface area (Å²) in [6.45, 7) is 4.00. The van der Waals surface area contributed by atoms with E-state index in [4.69, 9.17) is 17.5 Å². The Morgan fingerprint density at radius 3 is 2.71 bits per heavy atom. The molecule has 0 aliphatic rings. The second-order valence-electron chi connectivity index (χ2n) is 3.19. The number of hydrogen-bond donors (Lipinski definition) is 1. The molecule has 0 bridgehead atoms. The molecule has 0 amide bonds. The second-order valence-corrected chi connectivity index (χ2v) is 3.43. The molecule has 3 heteroatoms. The molecule has 72 valence electrons. The van der Waals surface area contributed by atoms with E-state index >= 15 is 0 Å². The summed E-state index contributed by atoms with van der Waals surface area (Å²) < 4.78 is 0. The number of rotatable bonds is 3. The zero-order chi connectivity index (χ0) is 10.6. The first kappa shape index (κ1) is 10.7. The molecular formula is C11H12N2S. The molecule has 0 heterocycles. The molecule has 0 fully saturated rings. The van der Waals surface area contributed by atoms with Crippen molar-refractivity contribution in [1.29, 1.82) is 5.26 Å². The molecule has 0 aliphatic heterocycles. The Labute approximate surface area is 89.6 Å². The third-order valence-electron chi connectivity index (χ3n) is 2.17. The van der Waals surface area contributed by atoms with Gasteiger partial charge < -0.3 is 5.32 Å². The van der Waals surface area contributed by atoms with Crippen LogP contribution in [0.25, 0.3) is 0 Å². The summed E-state index contributed by atoms with van der Waals surface area (Å²) in [6.07, 6.45) is 0.463. The third-order valence-corrected chi connectivity index (χ3v) is 2.28. The molecule has 0 aliphatic carbocycles. The van der Waals surface area contributed by atoms with Gasteiger partial charge in [-0.3, -0.25) is 0 Å². The largest absolute Gasteiger partial charge is 0.352 e. The topological polar surface area (TPSA) is 35.8 Å². The third kappa shape index (κ3) is 2.30. The lowest BCUT2D eigenvalue weighted by atomic mass is 10.0. The number of benzene rings is 1. The van der Waals surface area contributed by atoms with Gasteiger partial charge in [0, 0.05) is 5.69 Å². The molecule has 0 unspecified atom stereocenters. The summed E-state index contributed by atoms with van der Waals surface area (Å²) in [5.41, 5.74) is 5.82. The van der Waals surface area contributed by atoms with E-state index in [9.17, 15) is 0 Å². The maximum Gasteiger partial charge on any atom is 0.0669 e. The summed E-state index contributed by atoms with van der Waals surface area (Å²) in [5.74, 6) is 0. The standard InChI is InChI=1S/C11H12N2S/c1-8-6-11(13-7-14)9(2)5-10(8)3-4-12/h5-7H,3H2,1-2H3,(H,13,14). The highest BCUT2D eigenvalue weighted by atomic mass is 32.1. The van der Waals surface area contributed by atoms with Gasteiger partial charge in [0.05, 0.1) is 18.0 Å². The molecule has 1 aromatic carbocycles. The van der Waals surface area contributed by atoms with Crippen molar-refractivity contribution in [3.05, 3.63) is 28.8 Å². The fraction of sp³-hybridized carbons (Fsp3) is 0.273. The number of nitriles is 1. The maximum atomic E-state index is 8.62. The number of hydrogen-bond acceptors (Lipinski definition) is 2. The lowest BCUT2D eigenvalue weighted by Crippen LogP contribution is -1.98. The predicted molar refractivity (Wildman–Crippen MR) is 62.5 cm³/mol. The lowest BCUT2D eigenvalue weighted by molar-refractivity contribution is 1.20. The van der Waals surface area contributed by atoms with Crippen LogP contribution in [0.2, 0.25) is 0 Å². The number of nitrogens with one attached hydrogen (secondary N) is 1. The fourth-order valence-corrected chi connectivity index (χ4v) is 1.50. The van der Waals surface area contributed by atoms with E-state index in [1.54, 1.807) is 0 Å². The average molecular weight is 204 g/mol. The van der Waals surface area contributed by atoms with Crippen LogP contribution >= 0.6 is 12.2 Å². The quantitative estimate of drug-likeness (QED) is 0.769. The monoisotopic (exact) mass is 204 g/mol. The van der Waals surface area contributed by atoms with Crippen LogP contribution in [0.3, 0.4) is 0 Å². The van der Waals surface area contributed by atoms with Crippen molar-refractivity contribution in [2.45, 2.75) is 20.3 Å². The van der Waals surface area contributed by atoms with E-state index in [0.717, 1.165) is 22.4 Å². The van der Waals surface area contributed by atoms with Crippen LogP contribution < -0.4 is 5.32 Å². The molecule has 0 saturated heterocycles.